The van der Waals surface area contributed by atoms with Gasteiger partial charge in [-0.15, -0.1) is 0 Å². The van der Waals surface area contributed by atoms with Gasteiger partial charge >= 0.3 is 221 Å². The minimum atomic E-state index is -0.551. The zero-order valence-electron chi connectivity index (χ0n) is 22.8. The molecule has 0 aliphatic heterocycles. The van der Waals surface area contributed by atoms with Gasteiger partial charge in [-0.25, -0.2) is 0 Å². The number of pyridine rings is 3. The van der Waals surface area contributed by atoms with Crippen molar-refractivity contribution >= 4 is 64.8 Å². The van der Waals surface area contributed by atoms with Crippen LogP contribution in [0.1, 0.15) is 33.5 Å². The fraction of sp³-hybridized carbons (Fsp3) is 0.125. The van der Waals surface area contributed by atoms with E-state index in [1.54, 1.807) is 44.7 Å². The van der Waals surface area contributed by atoms with Crippen molar-refractivity contribution in [2.45, 2.75) is 13.2 Å². The molecule has 1 radical (unpaired) electrons. The molecule has 41 heavy (non-hydrogen) atoms. The summed E-state index contributed by atoms with van der Waals surface area (Å²) in [7, 11) is 3.08. The molecule has 0 spiro atoms. The van der Waals surface area contributed by atoms with E-state index in [0.29, 0.717) is 16.3 Å². The molecule has 0 aliphatic carbocycles. The fourth-order valence-corrected chi connectivity index (χ4v) is 7.05. The molecule has 1 N–H and O–H groups in total. The van der Waals surface area contributed by atoms with E-state index < -0.39 is 22.0 Å². The number of nitrogens with one attached hydrogen (secondary N) is 1. The number of carbonyl (C=O) groups excluding carboxylic acids is 1. The quantitative estimate of drug-likeness (QED) is 0.172. The first-order valence-electron chi connectivity index (χ1n) is 12.7. The van der Waals surface area contributed by atoms with Crippen LogP contribution in [0.4, 0.5) is 5.69 Å². The molecule has 9 heteroatoms. The summed E-state index contributed by atoms with van der Waals surface area (Å²) >= 11 is 6.43. The van der Waals surface area contributed by atoms with Crippen molar-refractivity contribution in [3.8, 4) is 11.1 Å². The second-order valence-corrected chi connectivity index (χ2v) is 11.9. The number of ether oxygens (including phenoxy) is 2. The van der Waals surface area contributed by atoms with Crippen LogP contribution in [0.2, 0.25) is 5.02 Å². The molecular formula is C32H27AsClN4O3. The number of aromatic nitrogens is 3. The standard InChI is InChI=1S/C32H27AsClN4O3/c1-5-20-16-21-14-15-35-30(29(21)37-17-20)33-25-10-6-8-23(19(25)2)24-9-7-11-26(28(24)34)38-31(39)27-13-12-22(18-36-27)32(40-3)41-4/h5-18,32H,1H2,2-4H3,(H,38,39). The molecule has 0 saturated heterocycles. The van der Waals surface area contributed by atoms with Crippen LogP contribution in [0.25, 0.3) is 28.1 Å². The van der Waals surface area contributed by atoms with Crippen molar-refractivity contribution in [3.05, 3.63) is 113 Å². The van der Waals surface area contributed by atoms with Crippen molar-refractivity contribution in [1.29, 1.82) is 0 Å². The van der Waals surface area contributed by atoms with Crippen LogP contribution in [0.5, 0.6) is 0 Å². The molecule has 3 aromatic heterocycles. The van der Waals surface area contributed by atoms with Gasteiger partial charge in [-0.3, -0.25) is 0 Å². The van der Waals surface area contributed by atoms with Crippen molar-refractivity contribution < 1.29 is 14.3 Å². The molecule has 7 nitrogen and oxygen atoms in total. The van der Waals surface area contributed by atoms with Gasteiger partial charge in [0.15, 0.2) is 6.29 Å². The number of nitrogens with zero attached hydrogens (tertiary/aromatic N) is 3. The Labute approximate surface area is 250 Å². The number of amides is 1. The topological polar surface area (TPSA) is 86.2 Å². The summed E-state index contributed by atoms with van der Waals surface area (Å²) in [5.74, 6) is -0.369. The Balaban J connectivity index is 1.41. The molecule has 0 aliphatic rings. The van der Waals surface area contributed by atoms with Gasteiger partial charge in [0.25, 0.3) is 0 Å². The molecule has 1 amide bonds. The summed E-state index contributed by atoms with van der Waals surface area (Å²) in [5.41, 5.74) is 6.28. The number of halogens is 1. The van der Waals surface area contributed by atoms with E-state index in [1.165, 1.54) is 4.35 Å². The third-order valence-electron chi connectivity index (χ3n) is 6.62. The second kappa shape index (κ2) is 12.8. The SMILES string of the molecule is C=Cc1cnc2c([As]c3cccc(-c4cccc(NC(=O)c5ccc(C(OC)OC)cn5)c4Cl)c3C)nccc2c1. The molecule has 205 valence electrons. The van der Waals surface area contributed by atoms with Crippen molar-refractivity contribution in [2.24, 2.45) is 0 Å². The van der Waals surface area contributed by atoms with E-state index in [-0.39, 0.29) is 11.6 Å². The molecule has 2 aromatic carbocycles. The maximum atomic E-state index is 13.0. The Hall–Kier alpha value is -3.87. The summed E-state index contributed by atoms with van der Waals surface area (Å²) < 4.78 is 12.7. The zero-order chi connectivity index (χ0) is 28.9. The fourth-order valence-electron chi connectivity index (χ4n) is 4.48. The van der Waals surface area contributed by atoms with Gasteiger partial charge in [0.1, 0.15) is 0 Å². The van der Waals surface area contributed by atoms with E-state index in [0.717, 1.165) is 37.6 Å². The molecule has 5 rings (SSSR count). The molecule has 0 unspecified atom stereocenters. The van der Waals surface area contributed by atoms with Crippen molar-refractivity contribution in [3.63, 3.8) is 0 Å². The maximum absolute atomic E-state index is 13.0. The monoisotopic (exact) mass is 625 g/mol. The average molecular weight is 626 g/mol. The molecule has 0 fully saturated rings. The third-order valence-corrected chi connectivity index (χ3v) is 9.68. The van der Waals surface area contributed by atoms with E-state index in [9.17, 15) is 4.79 Å². The van der Waals surface area contributed by atoms with E-state index in [1.807, 2.05) is 42.7 Å². The zero-order valence-corrected chi connectivity index (χ0v) is 25.4. The normalized spacial score (nSPS) is 11.4. The molecule has 0 bridgehead atoms. The van der Waals surface area contributed by atoms with E-state index in [4.69, 9.17) is 21.1 Å². The van der Waals surface area contributed by atoms with Crippen LogP contribution in [-0.4, -0.2) is 50.8 Å². The molecular weight excluding hydrogens is 599 g/mol. The predicted octanol–water partition coefficient (Wildman–Crippen LogP) is 5.50. The Morgan fingerprint density at radius 2 is 1.78 bits per heavy atom. The number of benzene rings is 2. The predicted molar refractivity (Wildman–Crippen MR) is 165 cm³/mol. The first-order valence-corrected chi connectivity index (χ1v) is 15.0. The van der Waals surface area contributed by atoms with Gasteiger partial charge in [-0.2, -0.15) is 0 Å². The second-order valence-electron chi connectivity index (χ2n) is 9.14. The van der Waals surface area contributed by atoms with Crippen LogP contribution in [-0.2, 0) is 9.47 Å². The number of fused-ring (bicyclic) bond motifs is 1. The number of anilines is 1. The summed E-state index contributed by atoms with van der Waals surface area (Å²) in [6.07, 6.45) is 6.45. The summed E-state index contributed by atoms with van der Waals surface area (Å²) in [4.78, 5) is 26.6. The molecule has 3 heterocycles. The number of carbonyl (C=O) groups is 1. The summed E-state index contributed by atoms with van der Waals surface area (Å²) in [6, 6.07) is 19.2. The number of hydrogen-bond donors (Lipinski definition) is 1. The van der Waals surface area contributed by atoms with Crippen molar-refractivity contribution in [2.75, 3.05) is 19.5 Å². The van der Waals surface area contributed by atoms with Gasteiger partial charge in [0, 0.05) is 14.2 Å². The van der Waals surface area contributed by atoms with Crippen molar-refractivity contribution in [1.82, 2.24) is 15.0 Å². The number of methoxy groups -OCH3 is 2. The molecule has 5 aromatic rings. The van der Waals surface area contributed by atoms with Gasteiger partial charge in [0.2, 0.25) is 0 Å². The van der Waals surface area contributed by atoms with Crippen LogP contribution in [0.3, 0.4) is 0 Å². The van der Waals surface area contributed by atoms with Crippen LogP contribution in [0.15, 0.2) is 85.8 Å². The third kappa shape index (κ3) is 6.09. The van der Waals surface area contributed by atoms with Gasteiger partial charge in [0.05, 0.1) is 0 Å². The van der Waals surface area contributed by atoms with Gasteiger partial charge in [-0.1, -0.05) is 0 Å². The van der Waals surface area contributed by atoms with Gasteiger partial charge in [-0.05, 0) is 0 Å². The first kappa shape index (κ1) is 28.6. The number of rotatable bonds is 9. The average Bonchev–Trinajstić information content (AvgIpc) is 3.00. The van der Waals surface area contributed by atoms with Crippen LogP contribution >= 0.6 is 11.6 Å². The van der Waals surface area contributed by atoms with Gasteiger partial charge < -0.3 is 9.47 Å². The van der Waals surface area contributed by atoms with Crippen LogP contribution < -0.4 is 14.1 Å². The molecule has 0 saturated carbocycles. The summed E-state index contributed by atoms with van der Waals surface area (Å²) in [5, 5.41) is 4.40. The van der Waals surface area contributed by atoms with Crippen LogP contribution in [0, 0.1) is 6.92 Å². The Morgan fingerprint density at radius 1 is 1.00 bits per heavy atom. The van der Waals surface area contributed by atoms with E-state index in [2.05, 4.69) is 45.9 Å². The Kier molecular flexibility index (Phi) is 8.91. The first-order chi connectivity index (χ1) is 19.9. The summed E-state index contributed by atoms with van der Waals surface area (Å²) in [6.45, 7) is 5.93. The number of hydrogen-bond acceptors (Lipinski definition) is 6. The Morgan fingerprint density at radius 3 is 2.51 bits per heavy atom. The van der Waals surface area contributed by atoms with E-state index >= 15 is 0 Å². The molecule has 0 atom stereocenters. The minimum absolute atomic E-state index is 0.250. The Bertz CT molecular complexity index is 1740.